The zero-order chi connectivity index (χ0) is 17.3. The molecular weight excluding hydrogens is 313 g/mol. The Morgan fingerprint density at radius 3 is 2.52 bits per heavy atom. The molecule has 0 aromatic carbocycles. The van der Waals surface area contributed by atoms with Gasteiger partial charge in [0.1, 0.15) is 5.60 Å². The van der Waals surface area contributed by atoms with Crippen molar-refractivity contribution < 1.29 is 27.4 Å². The lowest BCUT2D eigenvalue weighted by Gasteiger charge is -2.24. The molecule has 1 atom stereocenters. The number of carbonyl (C=O) groups excluding carboxylic acids is 1. The first kappa shape index (κ1) is 17.4. The van der Waals surface area contributed by atoms with E-state index in [0.717, 1.165) is 5.56 Å². The van der Waals surface area contributed by atoms with E-state index in [1.165, 1.54) is 18.3 Å². The third-order valence-electron chi connectivity index (χ3n) is 3.29. The maximum atomic E-state index is 12.1. The van der Waals surface area contributed by atoms with E-state index in [2.05, 4.69) is 9.72 Å². The monoisotopic (exact) mass is 332 g/mol. The van der Waals surface area contributed by atoms with E-state index >= 15 is 0 Å². The summed E-state index contributed by atoms with van der Waals surface area (Å²) in [5.41, 5.74) is 0.207. The van der Waals surface area contributed by atoms with E-state index in [9.17, 15) is 18.0 Å². The molecule has 8 heteroatoms. The maximum absolute atomic E-state index is 12.1. The molecule has 2 heterocycles. The Hall–Kier alpha value is -1.99. The molecule has 0 radical (unpaired) electrons. The quantitative estimate of drug-likeness (QED) is 0.828. The van der Waals surface area contributed by atoms with Crippen LogP contribution in [0.3, 0.4) is 0 Å². The highest BCUT2D eigenvalue weighted by Gasteiger charge is 2.33. The predicted octanol–water partition coefficient (Wildman–Crippen LogP) is 3.70. The van der Waals surface area contributed by atoms with Crippen molar-refractivity contribution in [2.45, 2.75) is 45.1 Å². The zero-order valence-corrected chi connectivity index (χ0v) is 13.2. The molecular formula is C15H19F3N2O3. The second-order valence-corrected chi connectivity index (χ2v) is 6.39. The van der Waals surface area contributed by atoms with Gasteiger partial charge in [-0.1, -0.05) is 6.07 Å². The van der Waals surface area contributed by atoms with Crippen LogP contribution >= 0.6 is 0 Å². The normalized spacial score (nSPS) is 18.9. The first-order valence-corrected chi connectivity index (χ1v) is 7.23. The fourth-order valence-corrected chi connectivity index (χ4v) is 2.34. The minimum absolute atomic E-state index is 0.0231. The predicted molar refractivity (Wildman–Crippen MR) is 76.1 cm³/mol. The number of aromatic nitrogens is 1. The molecule has 23 heavy (non-hydrogen) atoms. The Balaban J connectivity index is 1.95. The first-order valence-electron chi connectivity index (χ1n) is 7.23. The van der Waals surface area contributed by atoms with Gasteiger partial charge in [0.05, 0.1) is 0 Å². The van der Waals surface area contributed by atoms with Crippen molar-refractivity contribution in [3.05, 3.63) is 23.9 Å². The Bertz CT molecular complexity index is 553. The van der Waals surface area contributed by atoms with Gasteiger partial charge in [0.25, 0.3) is 0 Å². The molecule has 0 saturated carbocycles. The number of likely N-dealkylation sites (tertiary alicyclic amines) is 1. The summed E-state index contributed by atoms with van der Waals surface area (Å²) in [7, 11) is 0. The van der Waals surface area contributed by atoms with E-state index in [1.54, 1.807) is 25.7 Å². The Kier molecular flexibility index (Phi) is 4.72. The Labute approximate surface area is 132 Å². The highest BCUT2D eigenvalue weighted by atomic mass is 19.4. The van der Waals surface area contributed by atoms with Crippen molar-refractivity contribution in [3.63, 3.8) is 0 Å². The lowest BCUT2D eigenvalue weighted by atomic mass is 10.0. The van der Waals surface area contributed by atoms with Gasteiger partial charge in [-0.15, -0.1) is 13.2 Å². The molecule has 1 aromatic rings. The van der Waals surface area contributed by atoms with Crippen molar-refractivity contribution >= 4 is 6.09 Å². The highest BCUT2D eigenvalue weighted by molar-refractivity contribution is 5.68. The number of halogens is 3. The highest BCUT2D eigenvalue weighted by Crippen LogP contribution is 2.29. The number of pyridine rings is 1. The van der Waals surface area contributed by atoms with Crippen LogP contribution in [0.1, 0.15) is 38.7 Å². The summed E-state index contributed by atoms with van der Waals surface area (Å²) in [5.74, 6) is -0.474. The van der Waals surface area contributed by atoms with Gasteiger partial charge in [0.15, 0.2) is 0 Å². The lowest BCUT2D eigenvalue weighted by molar-refractivity contribution is -0.276. The van der Waals surface area contributed by atoms with E-state index < -0.39 is 17.8 Å². The summed E-state index contributed by atoms with van der Waals surface area (Å²) >= 11 is 0. The van der Waals surface area contributed by atoms with Gasteiger partial charge in [0.2, 0.25) is 5.88 Å². The molecule has 1 aliphatic heterocycles. The van der Waals surface area contributed by atoms with Crippen LogP contribution in [0, 0.1) is 0 Å². The van der Waals surface area contributed by atoms with Crippen LogP contribution in [0.2, 0.25) is 0 Å². The Morgan fingerprint density at radius 2 is 2.00 bits per heavy atom. The van der Waals surface area contributed by atoms with Gasteiger partial charge in [-0.3, -0.25) is 0 Å². The Morgan fingerprint density at radius 1 is 1.30 bits per heavy atom. The summed E-state index contributed by atoms with van der Waals surface area (Å²) in [5, 5.41) is 0. The average molecular weight is 332 g/mol. The molecule has 1 amide bonds. The molecule has 0 bridgehead atoms. The van der Waals surface area contributed by atoms with Crippen LogP contribution in [0.4, 0.5) is 18.0 Å². The summed E-state index contributed by atoms with van der Waals surface area (Å²) in [4.78, 5) is 17.2. The van der Waals surface area contributed by atoms with Gasteiger partial charge in [0, 0.05) is 31.3 Å². The summed E-state index contributed by atoms with van der Waals surface area (Å²) in [6.07, 6.45) is -3.08. The van der Waals surface area contributed by atoms with Crippen LogP contribution in [0.5, 0.6) is 5.88 Å². The van der Waals surface area contributed by atoms with Gasteiger partial charge < -0.3 is 14.4 Å². The van der Waals surface area contributed by atoms with E-state index in [1.807, 2.05) is 0 Å². The molecule has 1 unspecified atom stereocenters. The molecule has 1 saturated heterocycles. The molecule has 1 aromatic heterocycles. The molecule has 5 nitrogen and oxygen atoms in total. The fraction of sp³-hybridized carbons (Fsp3) is 0.600. The standard InChI is InChI=1S/C15H19F3N2O3/c1-14(2,3)23-13(21)20-7-6-11(9-20)10-4-5-12(19-8-10)22-15(16,17)18/h4-5,8,11H,6-7,9H2,1-3H3. The number of hydrogen-bond donors (Lipinski definition) is 0. The van der Waals surface area contributed by atoms with Crippen molar-refractivity contribution in [1.29, 1.82) is 0 Å². The summed E-state index contributed by atoms with van der Waals surface area (Å²) < 4.78 is 45.3. The number of carbonyl (C=O) groups is 1. The third-order valence-corrected chi connectivity index (χ3v) is 3.29. The molecule has 0 spiro atoms. The number of hydrogen-bond acceptors (Lipinski definition) is 4. The minimum atomic E-state index is -4.75. The van der Waals surface area contributed by atoms with Gasteiger partial charge in [-0.2, -0.15) is 0 Å². The lowest BCUT2D eigenvalue weighted by Crippen LogP contribution is -2.35. The largest absolute Gasteiger partial charge is 0.574 e. The van der Waals surface area contributed by atoms with Crippen LogP contribution in [-0.4, -0.2) is 41.0 Å². The van der Waals surface area contributed by atoms with Crippen molar-refractivity contribution in [2.24, 2.45) is 0 Å². The summed E-state index contributed by atoms with van der Waals surface area (Å²) in [6, 6.07) is 2.72. The van der Waals surface area contributed by atoms with E-state index in [4.69, 9.17) is 4.74 Å². The van der Waals surface area contributed by atoms with Crippen molar-refractivity contribution in [1.82, 2.24) is 9.88 Å². The van der Waals surface area contributed by atoms with Gasteiger partial charge >= 0.3 is 12.5 Å². The SMILES string of the molecule is CC(C)(C)OC(=O)N1CCC(c2ccc(OC(F)(F)F)nc2)C1. The number of nitrogens with zero attached hydrogens (tertiary/aromatic N) is 2. The van der Waals surface area contributed by atoms with Crippen LogP contribution in [0.25, 0.3) is 0 Å². The smallest absolute Gasteiger partial charge is 0.444 e. The van der Waals surface area contributed by atoms with Gasteiger partial charge in [-0.05, 0) is 32.8 Å². The topological polar surface area (TPSA) is 51.7 Å². The number of amides is 1. The van der Waals surface area contributed by atoms with Crippen LogP contribution < -0.4 is 4.74 Å². The molecule has 2 rings (SSSR count). The van der Waals surface area contributed by atoms with Crippen molar-refractivity contribution in [3.8, 4) is 5.88 Å². The van der Waals surface area contributed by atoms with Crippen molar-refractivity contribution in [2.75, 3.05) is 13.1 Å². The number of ether oxygens (including phenoxy) is 2. The van der Waals surface area contributed by atoms with Crippen LogP contribution in [-0.2, 0) is 4.74 Å². The second-order valence-electron chi connectivity index (χ2n) is 6.39. The first-order chi connectivity index (χ1) is 10.5. The molecule has 128 valence electrons. The zero-order valence-electron chi connectivity index (χ0n) is 13.2. The second kappa shape index (κ2) is 6.25. The molecule has 1 fully saturated rings. The molecule has 0 N–H and O–H groups in total. The molecule has 0 aliphatic carbocycles. The van der Waals surface area contributed by atoms with E-state index in [0.29, 0.717) is 19.5 Å². The average Bonchev–Trinajstić information content (AvgIpc) is 2.85. The van der Waals surface area contributed by atoms with Gasteiger partial charge in [-0.25, -0.2) is 9.78 Å². The number of alkyl halides is 3. The van der Waals surface area contributed by atoms with E-state index in [-0.39, 0.29) is 12.0 Å². The number of rotatable bonds is 2. The minimum Gasteiger partial charge on any atom is -0.444 e. The third kappa shape index (κ3) is 5.30. The maximum Gasteiger partial charge on any atom is 0.574 e. The summed E-state index contributed by atoms with van der Waals surface area (Å²) in [6.45, 7) is 6.38. The van der Waals surface area contributed by atoms with Crippen LogP contribution in [0.15, 0.2) is 18.3 Å². The molecule has 1 aliphatic rings. The fourth-order valence-electron chi connectivity index (χ4n) is 2.34.